The van der Waals surface area contributed by atoms with E-state index in [2.05, 4.69) is 17.1 Å². The van der Waals surface area contributed by atoms with Gasteiger partial charge in [-0.25, -0.2) is 5.43 Å². The summed E-state index contributed by atoms with van der Waals surface area (Å²) in [6.45, 7) is 3.93. The van der Waals surface area contributed by atoms with Crippen molar-refractivity contribution in [2.24, 2.45) is 5.10 Å². The van der Waals surface area contributed by atoms with E-state index < -0.39 is 5.91 Å². The van der Waals surface area contributed by atoms with E-state index in [9.17, 15) is 14.7 Å². The van der Waals surface area contributed by atoms with Gasteiger partial charge in [0.05, 0.1) is 10.5 Å². The van der Waals surface area contributed by atoms with Crippen LogP contribution in [-0.2, 0) is 4.79 Å². The first-order valence-corrected chi connectivity index (χ1v) is 8.95. The van der Waals surface area contributed by atoms with Crippen LogP contribution in [0.2, 0.25) is 0 Å². The van der Waals surface area contributed by atoms with Crippen molar-refractivity contribution < 1.29 is 14.7 Å². The summed E-state index contributed by atoms with van der Waals surface area (Å²) in [6, 6.07) is 15.6. The molecule has 6 nitrogen and oxygen atoms in total. The van der Waals surface area contributed by atoms with Crippen LogP contribution in [0.3, 0.4) is 0 Å². The van der Waals surface area contributed by atoms with Crippen LogP contribution in [0.5, 0.6) is 5.75 Å². The molecule has 2 amide bonds. The number of nitrogens with zero attached hydrogens (tertiary/aromatic N) is 2. The lowest BCUT2D eigenvalue weighted by Crippen LogP contribution is -2.31. The number of phenols is 1. The van der Waals surface area contributed by atoms with Gasteiger partial charge in [-0.1, -0.05) is 48.5 Å². The van der Waals surface area contributed by atoms with E-state index in [0.29, 0.717) is 10.1 Å². The van der Waals surface area contributed by atoms with Crippen molar-refractivity contribution in [2.75, 3.05) is 6.54 Å². The molecule has 1 fully saturated rings. The lowest BCUT2D eigenvalue weighted by molar-refractivity contribution is -0.121. The number of hydrazone groups is 1. The number of rotatable bonds is 5. The molecule has 136 valence electrons. The Labute approximate surface area is 160 Å². The van der Waals surface area contributed by atoms with Crippen molar-refractivity contribution in [3.63, 3.8) is 0 Å². The van der Waals surface area contributed by atoms with Crippen LogP contribution in [-0.4, -0.2) is 33.5 Å². The van der Waals surface area contributed by atoms with Crippen molar-refractivity contribution in [1.82, 2.24) is 10.3 Å². The van der Waals surface area contributed by atoms with E-state index in [-0.39, 0.29) is 23.8 Å². The molecule has 0 aliphatic carbocycles. The third-order valence-electron chi connectivity index (χ3n) is 3.70. The predicted molar refractivity (Wildman–Crippen MR) is 107 cm³/mol. The molecule has 1 saturated heterocycles. The minimum absolute atomic E-state index is 0.103. The van der Waals surface area contributed by atoms with Crippen LogP contribution in [0.25, 0.3) is 6.08 Å². The van der Waals surface area contributed by atoms with E-state index in [1.165, 1.54) is 28.8 Å². The number of thioether (sulfide) groups is 1. The third kappa shape index (κ3) is 4.27. The fourth-order valence-corrected chi connectivity index (χ4v) is 3.35. The summed E-state index contributed by atoms with van der Waals surface area (Å²) in [5.74, 6) is -0.912. The molecule has 1 aliphatic rings. The molecule has 0 spiro atoms. The molecule has 2 aromatic rings. The molecule has 2 aromatic carbocycles. The zero-order chi connectivity index (χ0) is 19.2. The summed E-state index contributed by atoms with van der Waals surface area (Å²) in [5.41, 5.74) is 3.39. The Morgan fingerprint density at radius 1 is 1.19 bits per heavy atom. The molecule has 0 atom stereocenters. The maximum Gasteiger partial charge on any atom is 0.275 e. The molecule has 0 bridgehead atoms. The topological polar surface area (TPSA) is 82.0 Å². The number of carbonyl (C=O) groups is 2. The average Bonchev–Trinajstić information content (AvgIpc) is 2.97. The van der Waals surface area contributed by atoms with Crippen molar-refractivity contribution >= 4 is 34.8 Å². The zero-order valence-corrected chi connectivity index (χ0v) is 15.1. The van der Waals surface area contributed by atoms with E-state index >= 15 is 0 Å². The lowest BCUT2D eigenvalue weighted by atomic mass is 10.2. The first-order chi connectivity index (χ1) is 13.1. The summed E-state index contributed by atoms with van der Waals surface area (Å²) in [7, 11) is 0. The minimum Gasteiger partial charge on any atom is -0.507 e. The van der Waals surface area contributed by atoms with Gasteiger partial charge in [0, 0.05) is 6.54 Å². The summed E-state index contributed by atoms with van der Waals surface area (Å²) in [4.78, 5) is 26.8. The van der Waals surface area contributed by atoms with E-state index in [0.717, 1.165) is 5.56 Å². The second kappa shape index (κ2) is 8.37. The highest BCUT2D eigenvalue weighted by atomic mass is 32.2. The highest BCUT2D eigenvalue weighted by Crippen LogP contribution is 2.32. The standard InChI is InChI=1S/C20H17N3O3S/c1-2-12-23-19(26)17(13-14-8-4-3-5-9-14)27-20(23)22-21-18(25)15-10-6-7-11-16(15)24/h2-11,13,24H,1,12H2,(H,21,25). The van der Waals surface area contributed by atoms with Crippen LogP contribution in [0.15, 0.2) is 77.3 Å². The third-order valence-corrected chi connectivity index (χ3v) is 4.71. The molecule has 27 heavy (non-hydrogen) atoms. The monoisotopic (exact) mass is 379 g/mol. The van der Waals surface area contributed by atoms with E-state index in [4.69, 9.17) is 0 Å². The molecule has 0 aromatic heterocycles. The fraction of sp³-hybridized carbons (Fsp3) is 0.0500. The van der Waals surface area contributed by atoms with Gasteiger partial charge < -0.3 is 5.11 Å². The quantitative estimate of drug-likeness (QED) is 0.475. The van der Waals surface area contributed by atoms with Crippen molar-refractivity contribution in [2.45, 2.75) is 0 Å². The molecular weight excluding hydrogens is 362 g/mol. The Kier molecular flexibility index (Phi) is 5.73. The zero-order valence-electron chi connectivity index (χ0n) is 14.3. The Balaban J connectivity index is 1.82. The number of nitrogens with one attached hydrogen (secondary N) is 1. The summed E-state index contributed by atoms with van der Waals surface area (Å²) >= 11 is 1.17. The number of amides is 2. The second-order valence-electron chi connectivity index (χ2n) is 5.58. The number of benzene rings is 2. The maximum absolute atomic E-state index is 12.6. The molecular formula is C20H17N3O3S. The van der Waals surface area contributed by atoms with Crippen LogP contribution in [0, 0.1) is 0 Å². The van der Waals surface area contributed by atoms with Gasteiger partial charge in [-0.3, -0.25) is 14.5 Å². The average molecular weight is 379 g/mol. The molecule has 0 radical (unpaired) electrons. The molecule has 1 heterocycles. The number of para-hydroxylation sites is 1. The Bertz CT molecular complexity index is 938. The van der Waals surface area contributed by atoms with Crippen LogP contribution in [0.4, 0.5) is 0 Å². The predicted octanol–water partition coefficient (Wildman–Crippen LogP) is 3.20. The van der Waals surface area contributed by atoms with Crippen molar-refractivity contribution in [1.29, 1.82) is 0 Å². The van der Waals surface area contributed by atoms with Gasteiger partial charge in [0.25, 0.3) is 11.8 Å². The van der Waals surface area contributed by atoms with Gasteiger partial charge in [-0.2, -0.15) is 0 Å². The molecule has 0 unspecified atom stereocenters. The molecule has 1 aliphatic heterocycles. The lowest BCUT2D eigenvalue weighted by Gasteiger charge is -2.12. The number of hydrogen-bond acceptors (Lipinski definition) is 5. The van der Waals surface area contributed by atoms with Crippen molar-refractivity contribution in [3.05, 3.63) is 83.3 Å². The Morgan fingerprint density at radius 2 is 1.89 bits per heavy atom. The molecule has 2 N–H and O–H groups in total. The summed E-state index contributed by atoms with van der Waals surface area (Å²) in [5, 5.41) is 14.2. The van der Waals surface area contributed by atoms with Gasteiger partial charge >= 0.3 is 0 Å². The van der Waals surface area contributed by atoms with Gasteiger partial charge in [-0.05, 0) is 35.5 Å². The number of phenolic OH excluding ortho intramolecular Hbond substituents is 1. The van der Waals surface area contributed by atoms with Crippen LogP contribution < -0.4 is 5.43 Å². The van der Waals surface area contributed by atoms with Crippen LogP contribution in [0.1, 0.15) is 15.9 Å². The largest absolute Gasteiger partial charge is 0.507 e. The number of carbonyl (C=O) groups excluding carboxylic acids is 2. The molecule has 3 rings (SSSR count). The van der Waals surface area contributed by atoms with Crippen molar-refractivity contribution in [3.8, 4) is 5.75 Å². The van der Waals surface area contributed by atoms with E-state index in [1.54, 1.807) is 24.3 Å². The van der Waals surface area contributed by atoms with Gasteiger partial charge in [0.15, 0.2) is 5.17 Å². The second-order valence-corrected chi connectivity index (χ2v) is 6.59. The normalized spacial score (nSPS) is 16.7. The molecule has 0 saturated carbocycles. The fourth-order valence-electron chi connectivity index (χ4n) is 2.41. The number of hydrogen-bond donors (Lipinski definition) is 2. The summed E-state index contributed by atoms with van der Waals surface area (Å²) in [6.07, 6.45) is 3.36. The first-order valence-electron chi connectivity index (χ1n) is 8.13. The SMILES string of the molecule is C=CCN1C(=O)C(=Cc2ccccc2)SC1=NNC(=O)c1ccccc1O. The van der Waals surface area contributed by atoms with Gasteiger partial charge in [0.1, 0.15) is 5.75 Å². The maximum atomic E-state index is 12.6. The van der Waals surface area contributed by atoms with Crippen LogP contribution >= 0.6 is 11.8 Å². The number of aromatic hydroxyl groups is 1. The Hall–Kier alpha value is -3.32. The summed E-state index contributed by atoms with van der Waals surface area (Å²) < 4.78 is 0. The Morgan fingerprint density at radius 3 is 2.59 bits per heavy atom. The minimum atomic E-state index is -0.562. The smallest absolute Gasteiger partial charge is 0.275 e. The number of amidine groups is 1. The van der Waals surface area contributed by atoms with E-state index in [1.807, 2.05) is 30.3 Å². The van der Waals surface area contributed by atoms with Gasteiger partial charge in [0.2, 0.25) is 0 Å². The first kappa shape index (κ1) is 18.5. The highest BCUT2D eigenvalue weighted by molar-refractivity contribution is 8.18. The van der Waals surface area contributed by atoms with Gasteiger partial charge in [-0.15, -0.1) is 11.7 Å². The molecule has 7 heteroatoms. The highest BCUT2D eigenvalue weighted by Gasteiger charge is 2.33.